The lowest BCUT2D eigenvalue weighted by molar-refractivity contribution is -0.215. The molecule has 9 heteroatoms. The highest BCUT2D eigenvalue weighted by Gasteiger charge is 2.51. The van der Waals surface area contributed by atoms with E-state index in [1.54, 1.807) is 36.4 Å². The van der Waals surface area contributed by atoms with Crippen LogP contribution in [-0.2, 0) is 4.74 Å². The lowest BCUT2D eigenvalue weighted by Gasteiger charge is -2.27. The van der Waals surface area contributed by atoms with Gasteiger partial charge in [-0.25, -0.2) is 0 Å². The predicted octanol–water partition coefficient (Wildman–Crippen LogP) is 3.54. The Bertz CT molecular complexity index is 878. The molecular formula is C19H16F3N3O3. The minimum Gasteiger partial charge on any atom is -0.491 e. The Morgan fingerprint density at radius 3 is 2.61 bits per heavy atom. The number of alkyl halides is 3. The van der Waals surface area contributed by atoms with Crippen LogP contribution >= 0.6 is 0 Å². The van der Waals surface area contributed by atoms with Gasteiger partial charge in [-0.15, -0.1) is 0 Å². The highest BCUT2D eigenvalue weighted by molar-refractivity contribution is 5.79. The molecule has 1 aliphatic rings. The van der Waals surface area contributed by atoms with Crippen LogP contribution in [0.3, 0.4) is 0 Å². The number of para-hydroxylation sites is 1. The molecule has 1 saturated heterocycles. The van der Waals surface area contributed by atoms with Crippen molar-refractivity contribution in [3.05, 3.63) is 59.7 Å². The number of halogens is 3. The number of oxime groups is 1. The second kappa shape index (κ2) is 8.19. The fraction of sp³-hybridized carbons (Fsp3) is 0.263. The van der Waals surface area contributed by atoms with Crippen LogP contribution in [0.1, 0.15) is 11.1 Å². The van der Waals surface area contributed by atoms with Gasteiger partial charge in [0.2, 0.25) is 6.23 Å². The number of ether oxygens (including phenoxy) is 2. The monoisotopic (exact) mass is 391 g/mol. The molecule has 0 bridgehead atoms. The molecule has 1 N–H and O–H groups in total. The van der Waals surface area contributed by atoms with E-state index in [1.165, 1.54) is 18.3 Å². The summed E-state index contributed by atoms with van der Waals surface area (Å²) in [7, 11) is 0. The Morgan fingerprint density at radius 2 is 1.96 bits per heavy atom. The van der Waals surface area contributed by atoms with Gasteiger partial charge in [0.05, 0.1) is 24.0 Å². The molecule has 0 aromatic heterocycles. The number of hydrogen-bond donors (Lipinski definition) is 1. The minimum atomic E-state index is -4.62. The Balaban J connectivity index is 1.73. The molecule has 0 radical (unpaired) electrons. The molecule has 0 saturated carbocycles. The first kappa shape index (κ1) is 19.5. The number of anilines is 1. The van der Waals surface area contributed by atoms with Gasteiger partial charge in [-0.1, -0.05) is 17.3 Å². The van der Waals surface area contributed by atoms with Crippen molar-refractivity contribution in [2.75, 3.05) is 18.1 Å². The van der Waals surface area contributed by atoms with Gasteiger partial charge in [0, 0.05) is 0 Å². The summed E-state index contributed by atoms with van der Waals surface area (Å²) in [5.41, 5.74) is 0.953. The van der Waals surface area contributed by atoms with Crippen molar-refractivity contribution >= 4 is 11.9 Å². The maximum Gasteiger partial charge on any atom is 0.433 e. The van der Waals surface area contributed by atoms with E-state index < -0.39 is 18.5 Å². The third-order valence-corrected chi connectivity index (χ3v) is 4.14. The van der Waals surface area contributed by atoms with Gasteiger partial charge < -0.3 is 19.6 Å². The smallest absolute Gasteiger partial charge is 0.433 e. The maximum atomic E-state index is 13.5. The second-order valence-corrected chi connectivity index (χ2v) is 6.06. The van der Waals surface area contributed by atoms with E-state index in [-0.39, 0.29) is 24.4 Å². The minimum absolute atomic E-state index is 0.0713. The van der Waals surface area contributed by atoms with Crippen molar-refractivity contribution in [1.82, 2.24) is 0 Å². The zero-order valence-corrected chi connectivity index (χ0v) is 14.5. The molecule has 1 heterocycles. The molecular weight excluding hydrogens is 375 g/mol. The lowest BCUT2D eigenvalue weighted by Crippen LogP contribution is -2.42. The van der Waals surface area contributed by atoms with Gasteiger partial charge in [-0.3, -0.25) is 0 Å². The summed E-state index contributed by atoms with van der Waals surface area (Å²) in [5.74, 6) is 0.443. The van der Waals surface area contributed by atoms with Gasteiger partial charge in [0.25, 0.3) is 0 Å². The Hall–Kier alpha value is -3.25. The molecule has 0 aliphatic carbocycles. The highest BCUT2D eigenvalue weighted by atomic mass is 19.4. The summed E-state index contributed by atoms with van der Waals surface area (Å²) in [5, 5.41) is 20.6. The number of hydrogen-bond acceptors (Lipinski definition) is 6. The number of nitrogens with zero attached hydrogens (tertiary/aromatic N) is 3. The van der Waals surface area contributed by atoms with Crippen LogP contribution in [0.5, 0.6) is 5.75 Å². The summed E-state index contributed by atoms with van der Waals surface area (Å²) in [6.45, 7) is -0.163. The maximum absolute atomic E-state index is 13.5. The van der Waals surface area contributed by atoms with Crippen molar-refractivity contribution in [3.63, 3.8) is 0 Å². The average Bonchev–Trinajstić information content (AvgIpc) is 3.12. The van der Waals surface area contributed by atoms with Crippen LogP contribution in [-0.4, -0.2) is 43.1 Å². The molecule has 0 spiro atoms. The zero-order valence-electron chi connectivity index (χ0n) is 14.5. The van der Waals surface area contributed by atoms with Crippen LogP contribution < -0.4 is 9.64 Å². The molecule has 2 aromatic carbocycles. The zero-order chi connectivity index (χ0) is 20.1. The summed E-state index contributed by atoms with van der Waals surface area (Å²) >= 11 is 0. The van der Waals surface area contributed by atoms with Crippen LogP contribution in [0.15, 0.2) is 53.7 Å². The van der Waals surface area contributed by atoms with Gasteiger partial charge in [0.1, 0.15) is 24.5 Å². The van der Waals surface area contributed by atoms with Crippen molar-refractivity contribution < 1.29 is 27.9 Å². The van der Waals surface area contributed by atoms with Crippen LogP contribution in [0.25, 0.3) is 0 Å². The largest absolute Gasteiger partial charge is 0.491 e. The molecule has 2 atom stereocenters. The van der Waals surface area contributed by atoms with E-state index in [1.807, 2.05) is 6.07 Å². The van der Waals surface area contributed by atoms with Crippen LogP contribution in [0.2, 0.25) is 0 Å². The summed E-state index contributed by atoms with van der Waals surface area (Å²) in [6.07, 6.45) is -6.37. The molecule has 0 amide bonds. The van der Waals surface area contributed by atoms with Crippen molar-refractivity contribution in [2.24, 2.45) is 5.16 Å². The third-order valence-electron chi connectivity index (χ3n) is 4.14. The first-order valence-corrected chi connectivity index (χ1v) is 8.30. The number of rotatable bonds is 5. The van der Waals surface area contributed by atoms with E-state index >= 15 is 0 Å². The third kappa shape index (κ3) is 4.35. The topological polar surface area (TPSA) is 78.1 Å². The van der Waals surface area contributed by atoms with Crippen molar-refractivity contribution in [3.8, 4) is 11.8 Å². The highest BCUT2D eigenvalue weighted by Crippen LogP contribution is 2.36. The summed E-state index contributed by atoms with van der Waals surface area (Å²) in [6, 6.07) is 14.5. The first-order chi connectivity index (χ1) is 13.4. The molecule has 3 rings (SSSR count). The van der Waals surface area contributed by atoms with Gasteiger partial charge in [-0.2, -0.15) is 18.4 Å². The van der Waals surface area contributed by atoms with Gasteiger partial charge in [-0.05, 0) is 42.0 Å². The van der Waals surface area contributed by atoms with Crippen molar-refractivity contribution in [1.29, 1.82) is 5.26 Å². The normalized spacial score (nSPS) is 19.7. The molecule has 2 aromatic rings. The second-order valence-electron chi connectivity index (χ2n) is 6.06. The summed E-state index contributed by atoms with van der Waals surface area (Å²) < 4.78 is 51.1. The van der Waals surface area contributed by atoms with E-state index in [2.05, 4.69) is 5.16 Å². The fourth-order valence-electron chi connectivity index (χ4n) is 2.91. The molecule has 1 fully saturated rings. The SMILES string of the molecule is N#Cc1ccccc1N1CC(COc2ccc(/C=N/O)cc2)OC1C(F)(F)F. The van der Waals surface area contributed by atoms with Crippen molar-refractivity contribution in [2.45, 2.75) is 18.5 Å². The van der Waals surface area contributed by atoms with E-state index in [4.69, 9.17) is 14.7 Å². The van der Waals surface area contributed by atoms with Gasteiger partial charge in [0.15, 0.2) is 0 Å². The van der Waals surface area contributed by atoms with Gasteiger partial charge >= 0.3 is 6.18 Å². The lowest BCUT2D eigenvalue weighted by atomic mass is 10.1. The van der Waals surface area contributed by atoms with E-state index in [9.17, 15) is 18.4 Å². The molecule has 1 aliphatic heterocycles. The Labute approximate surface area is 159 Å². The standard InChI is InChI=1S/C19H16F3N3O3/c20-19(21,22)18-25(17-4-2-1-3-14(17)9-23)11-16(28-18)12-27-15-7-5-13(6-8-15)10-24-26/h1-8,10,16,18,26H,11-12H2/b24-10+. The number of nitriles is 1. The van der Waals surface area contributed by atoms with E-state index in [0.717, 1.165) is 4.90 Å². The molecule has 2 unspecified atom stereocenters. The van der Waals surface area contributed by atoms with Crippen LogP contribution in [0.4, 0.5) is 18.9 Å². The average molecular weight is 391 g/mol. The first-order valence-electron chi connectivity index (χ1n) is 8.30. The summed E-state index contributed by atoms with van der Waals surface area (Å²) in [4.78, 5) is 1.04. The fourth-order valence-corrected chi connectivity index (χ4v) is 2.91. The Kier molecular flexibility index (Phi) is 5.70. The van der Waals surface area contributed by atoms with E-state index in [0.29, 0.717) is 11.3 Å². The Morgan fingerprint density at radius 1 is 1.25 bits per heavy atom. The predicted molar refractivity (Wildman–Crippen MR) is 94.5 cm³/mol. The molecule has 28 heavy (non-hydrogen) atoms. The molecule has 146 valence electrons. The molecule has 6 nitrogen and oxygen atoms in total. The quantitative estimate of drug-likeness (QED) is 0.479. The van der Waals surface area contributed by atoms with Crippen LogP contribution in [0, 0.1) is 11.3 Å². The number of benzene rings is 2.